The number of benzene rings is 1. The third-order valence-corrected chi connectivity index (χ3v) is 3.76. The molecule has 1 N–H and O–H groups in total. The third-order valence-electron chi connectivity index (χ3n) is 3.76. The Balaban J connectivity index is 2.12. The molecule has 20 heavy (non-hydrogen) atoms. The molecule has 0 bridgehead atoms. The van der Waals surface area contributed by atoms with Gasteiger partial charge >= 0.3 is 0 Å². The number of rotatable bonds is 6. The number of nitrogens with one attached hydrogen (secondary N) is 1. The molecular formula is C17H23FN2. The van der Waals surface area contributed by atoms with E-state index in [0.717, 1.165) is 30.5 Å². The van der Waals surface area contributed by atoms with Crippen LogP contribution in [0, 0.1) is 12.7 Å². The number of aromatic nitrogens is 1. The Morgan fingerprint density at radius 3 is 2.75 bits per heavy atom. The summed E-state index contributed by atoms with van der Waals surface area (Å²) in [6, 6.07) is 7.56. The predicted octanol–water partition coefficient (Wildman–Crippen LogP) is 4.04. The van der Waals surface area contributed by atoms with Gasteiger partial charge < -0.3 is 9.88 Å². The number of hydrogen-bond donors (Lipinski definition) is 1. The van der Waals surface area contributed by atoms with Crippen molar-refractivity contribution >= 4 is 0 Å². The summed E-state index contributed by atoms with van der Waals surface area (Å²) >= 11 is 0. The van der Waals surface area contributed by atoms with E-state index in [1.165, 1.54) is 11.6 Å². The molecule has 0 aliphatic heterocycles. The lowest BCUT2D eigenvalue weighted by molar-refractivity contribution is 0.540. The van der Waals surface area contributed by atoms with Crippen molar-refractivity contribution in [1.82, 2.24) is 9.88 Å². The first-order valence-corrected chi connectivity index (χ1v) is 7.22. The SMILES string of the molecule is CCCC(NC)c1ccn(Cc2ccc(F)cc2C)c1. The van der Waals surface area contributed by atoms with E-state index in [2.05, 4.69) is 35.3 Å². The zero-order valence-corrected chi connectivity index (χ0v) is 12.5. The maximum atomic E-state index is 13.1. The maximum Gasteiger partial charge on any atom is 0.123 e. The van der Waals surface area contributed by atoms with Gasteiger partial charge in [-0.3, -0.25) is 0 Å². The average molecular weight is 274 g/mol. The summed E-state index contributed by atoms with van der Waals surface area (Å²) in [4.78, 5) is 0. The van der Waals surface area contributed by atoms with Crippen LogP contribution in [0.2, 0.25) is 0 Å². The summed E-state index contributed by atoms with van der Waals surface area (Å²) in [5.41, 5.74) is 3.47. The van der Waals surface area contributed by atoms with E-state index in [1.54, 1.807) is 6.07 Å². The second-order valence-electron chi connectivity index (χ2n) is 5.32. The average Bonchev–Trinajstić information content (AvgIpc) is 2.87. The summed E-state index contributed by atoms with van der Waals surface area (Å²) in [6.45, 7) is 4.94. The molecule has 3 heteroatoms. The van der Waals surface area contributed by atoms with Crippen LogP contribution in [0.1, 0.15) is 42.5 Å². The van der Waals surface area contributed by atoms with Crippen LogP contribution in [0.4, 0.5) is 4.39 Å². The highest BCUT2D eigenvalue weighted by Crippen LogP contribution is 2.19. The number of nitrogens with zero attached hydrogens (tertiary/aromatic N) is 1. The van der Waals surface area contributed by atoms with E-state index in [4.69, 9.17) is 0 Å². The zero-order valence-electron chi connectivity index (χ0n) is 12.5. The van der Waals surface area contributed by atoms with E-state index < -0.39 is 0 Å². The number of halogens is 1. The number of aryl methyl sites for hydroxylation is 1. The highest BCUT2D eigenvalue weighted by molar-refractivity contribution is 5.27. The van der Waals surface area contributed by atoms with Crippen molar-refractivity contribution in [3.8, 4) is 0 Å². The molecule has 2 nitrogen and oxygen atoms in total. The van der Waals surface area contributed by atoms with Crippen LogP contribution in [-0.4, -0.2) is 11.6 Å². The first-order valence-electron chi connectivity index (χ1n) is 7.22. The van der Waals surface area contributed by atoms with Crippen LogP contribution >= 0.6 is 0 Å². The molecule has 108 valence electrons. The summed E-state index contributed by atoms with van der Waals surface area (Å²) in [5, 5.41) is 3.35. The number of hydrogen-bond acceptors (Lipinski definition) is 1. The smallest absolute Gasteiger partial charge is 0.123 e. The van der Waals surface area contributed by atoms with Gasteiger partial charge in [0.05, 0.1) is 0 Å². The van der Waals surface area contributed by atoms with Gasteiger partial charge in [0.25, 0.3) is 0 Å². The predicted molar refractivity (Wildman–Crippen MR) is 81.4 cm³/mol. The fourth-order valence-corrected chi connectivity index (χ4v) is 2.56. The molecule has 1 atom stereocenters. The van der Waals surface area contributed by atoms with Gasteiger partial charge in [0.15, 0.2) is 0 Å². The van der Waals surface area contributed by atoms with Crippen molar-refractivity contribution in [2.75, 3.05) is 7.05 Å². The van der Waals surface area contributed by atoms with Crippen molar-refractivity contribution in [3.63, 3.8) is 0 Å². The Morgan fingerprint density at radius 2 is 2.10 bits per heavy atom. The second-order valence-corrected chi connectivity index (χ2v) is 5.32. The molecule has 0 amide bonds. The molecule has 0 radical (unpaired) electrons. The molecule has 2 aromatic rings. The molecule has 0 saturated carbocycles. The molecule has 1 aromatic carbocycles. The summed E-state index contributed by atoms with van der Waals surface area (Å²) < 4.78 is 15.3. The van der Waals surface area contributed by atoms with Crippen LogP contribution in [0.15, 0.2) is 36.7 Å². The lowest BCUT2D eigenvalue weighted by atomic mass is 10.1. The van der Waals surface area contributed by atoms with Crippen LogP contribution in [0.3, 0.4) is 0 Å². The molecule has 0 spiro atoms. The van der Waals surface area contributed by atoms with E-state index in [-0.39, 0.29) is 5.82 Å². The van der Waals surface area contributed by atoms with Crippen LogP contribution in [-0.2, 0) is 6.54 Å². The largest absolute Gasteiger partial charge is 0.350 e. The molecule has 0 aliphatic carbocycles. The van der Waals surface area contributed by atoms with E-state index in [9.17, 15) is 4.39 Å². The van der Waals surface area contributed by atoms with Gasteiger partial charge in [0.2, 0.25) is 0 Å². The monoisotopic (exact) mass is 274 g/mol. The van der Waals surface area contributed by atoms with E-state index >= 15 is 0 Å². The van der Waals surface area contributed by atoms with Crippen molar-refractivity contribution in [3.05, 3.63) is 59.2 Å². The topological polar surface area (TPSA) is 17.0 Å². The Morgan fingerprint density at radius 1 is 1.30 bits per heavy atom. The molecule has 1 unspecified atom stereocenters. The highest BCUT2D eigenvalue weighted by atomic mass is 19.1. The van der Waals surface area contributed by atoms with Gasteiger partial charge in [-0.25, -0.2) is 4.39 Å². The van der Waals surface area contributed by atoms with Crippen molar-refractivity contribution in [2.45, 2.75) is 39.3 Å². The van der Waals surface area contributed by atoms with Crippen molar-refractivity contribution in [1.29, 1.82) is 0 Å². The molecule has 0 saturated heterocycles. The molecule has 0 aliphatic rings. The third kappa shape index (κ3) is 3.48. The molecule has 0 fully saturated rings. The minimum atomic E-state index is -0.169. The van der Waals surface area contributed by atoms with Crippen molar-refractivity contribution in [2.24, 2.45) is 0 Å². The minimum absolute atomic E-state index is 0.169. The van der Waals surface area contributed by atoms with Gasteiger partial charge in [0, 0.05) is 25.0 Å². The Labute approximate surface area is 120 Å². The Kier molecular flexibility index (Phi) is 4.96. The van der Waals surface area contributed by atoms with Gasteiger partial charge in [-0.2, -0.15) is 0 Å². The lowest BCUT2D eigenvalue weighted by Gasteiger charge is -2.13. The van der Waals surface area contributed by atoms with Crippen LogP contribution in [0.5, 0.6) is 0 Å². The summed E-state index contributed by atoms with van der Waals surface area (Å²) in [5.74, 6) is -0.169. The fraction of sp³-hybridized carbons (Fsp3) is 0.412. The van der Waals surface area contributed by atoms with Crippen LogP contribution in [0.25, 0.3) is 0 Å². The quantitative estimate of drug-likeness (QED) is 0.841. The maximum absolute atomic E-state index is 13.1. The van der Waals surface area contributed by atoms with E-state index in [1.807, 2.05) is 20.0 Å². The minimum Gasteiger partial charge on any atom is -0.350 e. The highest BCUT2D eigenvalue weighted by Gasteiger charge is 2.09. The van der Waals surface area contributed by atoms with Gasteiger partial charge in [-0.05, 0) is 55.3 Å². The second kappa shape index (κ2) is 6.71. The van der Waals surface area contributed by atoms with Gasteiger partial charge in [-0.1, -0.05) is 19.4 Å². The van der Waals surface area contributed by atoms with Gasteiger partial charge in [0.1, 0.15) is 5.82 Å². The first kappa shape index (κ1) is 14.8. The Hall–Kier alpha value is -1.61. The van der Waals surface area contributed by atoms with E-state index in [0.29, 0.717) is 6.04 Å². The molecule has 1 heterocycles. The molecule has 2 rings (SSSR count). The normalized spacial score (nSPS) is 12.6. The Bertz CT molecular complexity index is 560. The van der Waals surface area contributed by atoms with Crippen molar-refractivity contribution < 1.29 is 4.39 Å². The van der Waals surface area contributed by atoms with Gasteiger partial charge in [-0.15, -0.1) is 0 Å². The summed E-state index contributed by atoms with van der Waals surface area (Å²) in [7, 11) is 2.00. The molecular weight excluding hydrogens is 251 g/mol. The summed E-state index contributed by atoms with van der Waals surface area (Å²) in [6.07, 6.45) is 6.57. The zero-order chi connectivity index (χ0) is 14.5. The molecule has 1 aromatic heterocycles. The fourth-order valence-electron chi connectivity index (χ4n) is 2.56. The van der Waals surface area contributed by atoms with Crippen LogP contribution < -0.4 is 5.32 Å². The standard InChI is InChI=1S/C17H23FN2/c1-4-5-17(19-3)15-8-9-20(12-15)11-14-6-7-16(18)10-13(14)2/h6-10,12,17,19H,4-5,11H2,1-3H3. The lowest BCUT2D eigenvalue weighted by Crippen LogP contribution is -2.15. The first-order chi connectivity index (χ1) is 9.63.